The van der Waals surface area contributed by atoms with Crippen molar-refractivity contribution in [3.05, 3.63) is 30.1 Å². The summed E-state index contributed by atoms with van der Waals surface area (Å²) in [4.78, 5) is 18.8. The molecule has 1 saturated carbocycles. The van der Waals surface area contributed by atoms with Crippen molar-refractivity contribution < 1.29 is 4.79 Å². The molecule has 1 saturated heterocycles. The van der Waals surface area contributed by atoms with Crippen LogP contribution in [0.25, 0.3) is 0 Å². The molecule has 19 heavy (non-hydrogen) atoms. The number of nitrogens with zero attached hydrogens (tertiary/aromatic N) is 2. The Morgan fingerprint density at radius 1 is 1.32 bits per heavy atom. The highest BCUT2D eigenvalue weighted by Gasteiger charge is 2.35. The number of nitrogens with one attached hydrogen (secondary N) is 1. The average molecular weight is 259 g/mol. The van der Waals surface area contributed by atoms with Crippen LogP contribution in [0, 0.1) is 0 Å². The molecule has 4 heteroatoms. The van der Waals surface area contributed by atoms with Crippen LogP contribution in [-0.4, -0.2) is 41.0 Å². The highest BCUT2D eigenvalue weighted by Crippen LogP contribution is 2.28. The average Bonchev–Trinajstić information content (AvgIpc) is 3.31. The van der Waals surface area contributed by atoms with E-state index >= 15 is 0 Å². The summed E-state index contributed by atoms with van der Waals surface area (Å²) < 4.78 is 0. The standard InChI is InChI=1S/C15H21N3O/c19-15(14-6-2-4-10-17-14)18(13-7-8-13)11-12-5-1-3-9-16-12/h2,4,6,10,12-13,16H,1,3,5,7-9,11H2. The predicted octanol–water partition coefficient (Wildman–Crippen LogP) is 1.83. The van der Waals surface area contributed by atoms with Crippen LogP contribution in [0.2, 0.25) is 0 Å². The zero-order valence-corrected chi connectivity index (χ0v) is 11.2. The molecular weight excluding hydrogens is 238 g/mol. The number of piperidine rings is 1. The van der Waals surface area contributed by atoms with Gasteiger partial charge < -0.3 is 10.2 Å². The molecule has 2 heterocycles. The Morgan fingerprint density at radius 3 is 2.84 bits per heavy atom. The monoisotopic (exact) mass is 259 g/mol. The number of hydrogen-bond donors (Lipinski definition) is 1. The first-order valence-electron chi connectivity index (χ1n) is 7.30. The van der Waals surface area contributed by atoms with Gasteiger partial charge in [0.05, 0.1) is 0 Å². The Bertz CT molecular complexity index is 424. The molecule has 102 valence electrons. The maximum Gasteiger partial charge on any atom is 0.272 e. The summed E-state index contributed by atoms with van der Waals surface area (Å²) in [6.07, 6.45) is 7.69. The molecule has 1 unspecified atom stereocenters. The summed E-state index contributed by atoms with van der Waals surface area (Å²) in [6, 6.07) is 6.44. The lowest BCUT2D eigenvalue weighted by Crippen LogP contribution is -2.46. The first-order valence-corrected chi connectivity index (χ1v) is 7.30. The summed E-state index contributed by atoms with van der Waals surface area (Å²) in [5.41, 5.74) is 0.574. The second kappa shape index (κ2) is 5.70. The number of rotatable bonds is 4. The van der Waals surface area contributed by atoms with Crippen LogP contribution in [0.3, 0.4) is 0 Å². The topological polar surface area (TPSA) is 45.2 Å². The second-order valence-electron chi connectivity index (χ2n) is 5.55. The zero-order valence-electron chi connectivity index (χ0n) is 11.2. The lowest BCUT2D eigenvalue weighted by Gasteiger charge is -2.30. The van der Waals surface area contributed by atoms with Crippen LogP contribution in [0.15, 0.2) is 24.4 Å². The van der Waals surface area contributed by atoms with Crippen LogP contribution in [0.5, 0.6) is 0 Å². The second-order valence-corrected chi connectivity index (χ2v) is 5.55. The lowest BCUT2D eigenvalue weighted by atomic mass is 10.0. The van der Waals surface area contributed by atoms with Gasteiger partial charge in [0.1, 0.15) is 5.69 Å². The molecule has 2 aliphatic rings. The van der Waals surface area contributed by atoms with Crippen molar-refractivity contribution in [2.24, 2.45) is 0 Å². The third kappa shape index (κ3) is 3.13. The minimum Gasteiger partial charge on any atom is -0.333 e. The largest absolute Gasteiger partial charge is 0.333 e. The number of pyridine rings is 1. The molecule has 0 radical (unpaired) electrons. The third-order valence-electron chi connectivity index (χ3n) is 3.96. The minimum absolute atomic E-state index is 0.0930. The SMILES string of the molecule is O=C(c1ccccn1)N(CC1CCCCN1)C1CC1. The first kappa shape index (κ1) is 12.6. The lowest BCUT2D eigenvalue weighted by molar-refractivity contribution is 0.0712. The molecule has 4 nitrogen and oxygen atoms in total. The molecular formula is C15H21N3O. The molecule has 1 aromatic rings. The molecule has 0 bridgehead atoms. The summed E-state index contributed by atoms with van der Waals surface area (Å²) in [6.45, 7) is 1.92. The van der Waals surface area contributed by atoms with E-state index in [0.717, 1.165) is 25.9 Å². The van der Waals surface area contributed by atoms with Crippen LogP contribution in [-0.2, 0) is 0 Å². The van der Waals surface area contributed by atoms with E-state index < -0.39 is 0 Å². The van der Waals surface area contributed by atoms with E-state index in [1.165, 1.54) is 19.3 Å². The molecule has 1 aliphatic heterocycles. The molecule has 0 aromatic carbocycles. The van der Waals surface area contributed by atoms with Crippen molar-refractivity contribution in [1.29, 1.82) is 0 Å². The Hall–Kier alpha value is -1.42. The van der Waals surface area contributed by atoms with Crippen molar-refractivity contribution in [3.8, 4) is 0 Å². The van der Waals surface area contributed by atoms with Gasteiger partial charge in [0.15, 0.2) is 0 Å². The van der Waals surface area contributed by atoms with Gasteiger partial charge in [-0.15, -0.1) is 0 Å². The van der Waals surface area contributed by atoms with Crippen LogP contribution < -0.4 is 5.32 Å². The van der Waals surface area contributed by atoms with Gasteiger partial charge in [-0.05, 0) is 44.4 Å². The molecule has 0 spiro atoms. The Balaban J connectivity index is 1.68. The Labute approximate surface area is 114 Å². The number of carbonyl (C=O) groups excluding carboxylic acids is 1. The molecule has 1 amide bonds. The number of hydrogen-bond acceptors (Lipinski definition) is 3. The van der Waals surface area contributed by atoms with E-state index in [1.54, 1.807) is 6.20 Å². The molecule has 1 N–H and O–H groups in total. The minimum atomic E-state index is 0.0930. The summed E-state index contributed by atoms with van der Waals surface area (Å²) in [7, 11) is 0. The smallest absolute Gasteiger partial charge is 0.272 e. The van der Waals surface area contributed by atoms with Gasteiger partial charge in [-0.1, -0.05) is 12.5 Å². The Morgan fingerprint density at radius 2 is 2.21 bits per heavy atom. The van der Waals surface area contributed by atoms with Gasteiger partial charge in [0.25, 0.3) is 5.91 Å². The number of aromatic nitrogens is 1. The van der Waals surface area contributed by atoms with E-state index in [1.807, 2.05) is 23.1 Å². The van der Waals surface area contributed by atoms with Gasteiger partial charge >= 0.3 is 0 Å². The number of amides is 1. The van der Waals surface area contributed by atoms with Crippen molar-refractivity contribution in [3.63, 3.8) is 0 Å². The highest BCUT2D eigenvalue weighted by molar-refractivity contribution is 5.92. The van der Waals surface area contributed by atoms with Crippen molar-refractivity contribution in [2.45, 2.75) is 44.2 Å². The van der Waals surface area contributed by atoms with Gasteiger partial charge in [0, 0.05) is 24.8 Å². The molecule has 3 rings (SSSR count). The molecule has 1 atom stereocenters. The van der Waals surface area contributed by atoms with E-state index in [9.17, 15) is 4.79 Å². The fraction of sp³-hybridized carbons (Fsp3) is 0.600. The first-order chi connectivity index (χ1) is 9.34. The van der Waals surface area contributed by atoms with Gasteiger partial charge in [-0.3, -0.25) is 9.78 Å². The quantitative estimate of drug-likeness (QED) is 0.897. The highest BCUT2D eigenvalue weighted by atomic mass is 16.2. The maximum absolute atomic E-state index is 12.5. The number of carbonyl (C=O) groups is 1. The van der Waals surface area contributed by atoms with E-state index in [4.69, 9.17) is 0 Å². The fourth-order valence-electron chi connectivity index (χ4n) is 2.74. The molecule has 2 fully saturated rings. The third-order valence-corrected chi connectivity index (χ3v) is 3.96. The summed E-state index contributed by atoms with van der Waals surface area (Å²) in [5.74, 6) is 0.0930. The summed E-state index contributed by atoms with van der Waals surface area (Å²) in [5, 5.41) is 3.52. The van der Waals surface area contributed by atoms with E-state index in [2.05, 4.69) is 10.3 Å². The van der Waals surface area contributed by atoms with Crippen LogP contribution >= 0.6 is 0 Å². The van der Waals surface area contributed by atoms with Crippen LogP contribution in [0.1, 0.15) is 42.6 Å². The van der Waals surface area contributed by atoms with Crippen molar-refractivity contribution >= 4 is 5.91 Å². The fourth-order valence-corrected chi connectivity index (χ4v) is 2.74. The Kier molecular flexibility index (Phi) is 3.78. The molecule has 1 aliphatic carbocycles. The van der Waals surface area contributed by atoms with Crippen molar-refractivity contribution in [1.82, 2.24) is 15.2 Å². The van der Waals surface area contributed by atoms with Gasteiger partial charge in [-0.25, -0.2) is 0 Å². The van der Waals surface area contributed by atoms with Gasteiger partial charge in [0.2, 0.25) is 0 Å². The van der Waals surface area contributed by atoms with E-state index in [-0.39, 0.29) is 5.91 Å². The molecule has 1 aromatic heterocycles. The maximum atomic E-state index is 12.5. The zero-order chi connectivity index (χ0) is 13.1. The summed E-state index contributed by atoms with van der Waals surface area (Å²) >= 11 is 0. The van der Waals surface area contributed by atoms with E-state index in [0.29, 0.717) is 17.8 Å². The van der Waals surface area contributed by atoms with Crippen LogP contribution in [0.4, 0.5) is 0 Å². The normalized spacial score (nSPS) is 23.1. The predicted molar refractivity (Wildman–Crippen MR) is 73.9 cm³/mol. The van der Waals surface area contributed by atoms with Crippen molar-refractivity contribution in [2.75, 3.05) is 13.1 Å². The van der Waals surface area contributed by atoms with Gasteiger partial charge in [-0.2, -0.15) is 0 Å².